The van der Waals surface area contributed by atoms with Gasteiger partial charge in [-0.25, -0.2) is 0 Å². The summed E-state index contributed by atoms with van der Waals surface area (Å²) in [5, 5.41) is 16.9. The van der Waals surface area contributed by atoms with Gasteiger partial charge < -0.3 is 15.7 Å². The summed E-state index contributed by atoms with van der Waals surface area (Å²) in [5.41, 5.74) is 0. The monoisotopic (exact) mass is 295 g/mol. The molecule has 4 unspecified atom stereocenters. The summed E-state index contributed by atoms with van der Waals surface area (Å²) >= 11 is 0. The summed E-state index contributed by atoms with van der Waals surface area (Å²) < 4.78 is 0. The van der Waals surface area contributed by atoms with Crippen molar-refractivity contribution in [2.75, 3.05) is 13.1 Å². The van der Waals surface area contributed by atoms with Crippen LogP contribution in [0.4, 0.5) is 0 Å². The number of nitrogens with zero attached hydrogens (tertiary/aromatic N) is 1. The van der Waals surface area contributed by atoms with Gasteiger partial charge in [0.2, 0.25) is 0 Å². The first kappa shape index (κ1) is 16.6. The standard InChI is InChI=1S/C17H33N3O/c1-4-18-17(19-11-14-6-5-7-16(14)21)20-15-9-12(2)8-13(3)10-15/h12-16,21H,4-11H2,1-3H3,(H2,18,19,20). The maximum Gasteiger partial charge on any atom is 0.191 e. The quantitative estimate of drug-likeness (QED) is 0.552. The van der Waals surface area contributed by atoms with Crippen molar-refractivity contribution in [3.63, 3.8) is 0 Å². The molecule has 0 spiro atoms. The highest BCUT2D eigenvalue weighted by atomic mass is 16.3. The first-order chi connectivity index (χ1) is 10.1. The Kier molecular flexibility index (Phi) is 6.34. The Labute approximate surface area is 129 Å². The van der Waals surface area contributed by atoms with Gasteiger partial charge in [-0.1, -0.05) is 20.3 Å². The van der Waals surface area contributed by atoms with Gasteiger partial charge in [-0.15, -0.1) is 0 Å². The number of aliphatic hydroxyl groups is 1. The molecule has 0 aliphatic heterocycles. The first-order valence-electron chi connectivity index (χ1n) is 8.81. The van der Waals surface area contributed by atoms with Crippen LogP contribution in [0, 0.1) is 17.8 Å². The lowest BCUT2D eigenvalue weighted by Gasteiger charge is -2.33. The maximum absolute atomic E-state index is 9.91. The molecule has 0 amide bonds. The zero-order valence-electron chi connectivity index (χ0n) is 13.9. The van der Waals surface area contributed by atoms with E-state index in [1.807, 2.05) is 0 Å². The third kappa shape index (κ3) is 5.17. The average molecular weight is 295 g/mol. The normalized spacial score (nSPS) is 37.5. The first-order valence-corrected chi connectivity index (χ1v) is 8.81. The Morgan fingerprint density at radius 1 is 1.14 bits per heavy atom. The average Bonchev–Trinajstić information content (AvgIpc) is 2.80. The summed E-state index contributed by atoms with van der Waals surface area (Å²) in [6, 6.07) is 0.537. The SMILES string of the molecule is CCNC(=NCC1CCCC1O)NC1CC(C)CC(C)C1. The molecule has 2 rings (SSSR count). The second-order valence-corrected chi connectivity index (χ2v) is 7.24. The van der Waals surface area contributed by atoms with Crippen LogP contribution in [-0.4, -0.2) is 36.3 Å². The minimum atomic E-state index is -0.147. The Morgan fingerprint density at radius 2 is 1.86 bits per heavy atom. The van der Waals surface area contributed by atoms with Crippen molar-refractivity contribution in [1.29, 1.82) is 0 Å². The molecule has 0 aromatic heterocycles. The number of aliphatic hydroxyl groups excluding tert-OH is 1. The highest BCUT2D eigenvalue weighted by Crippen LogP contribution is 2.28. The number of aliphatic imine (C=N–C) groups is 1. The smallest absolute Gasteiger partial charge is 0.191 e. The molecule has 2 aliphatic rings. The number of rotatable bonds is 4. The molecule has 4 atom stereocenters. The van der Waals surface area contributed by atoms with E-state index < -0.39 is 0 Å². The Morgan fingerprint density at radius 3 is 2.43 bits per heavy atom. The van der Waals surface area contributed by atoms with Gasteiger partial charge in [0.15, 0.2) is 5.96 Å². The van der Waals surface area contributed by atoms with Crippen molar-refractivity contribution in [2.45, 2.75) is 71.4 Å². The fourth-order valence-corrected chi connectivity index (χ4v) is 4.02. The van der Waals surface area contributed by atoms with Crippen LogP contribution in [0.1, 0.15) is 59.3 Å². The summed E-state index contributed by atoms with van der Waals surface area (Å²) in [5.74, 6) is 2.88. The van der Waals surface area contributed by atoms with Crippen molar-refractivity contribution in [3.8, 4) is 0 Å². The molecule has 0 saturated heterocycles. The van der Waals surface area contributed by atoms with E-state index in [1.54, 1.807) is 0 Å². The number of hydrogen-bond donors (Lipinski definition) is 3. The van der Waals surface area contributed by atoms with Gasteiger partial charge in [-0.2, -0.15) is 0 Å². The molecule has 2 saturated carbocycles. The second-order valence-electron chi connectivity index (χ2n) is 7.24. The largest absolute Gasteiger partial charge is 0.393 e. The number of guanidine groups is 1. The molecule has 0 radical (unpaired) electrons. The van der Waals surface area contributed by atoms with Gasteiger partial charge >= 0.3 is 0 Å². The molecule has 122 valence electrons. The van der Waals surface area contributed by atoms with E-state index in [9.17, 15) is 5.11 Å². The van der Waals surface area contributed by atoms with Crippen molar-refractivity contribution in [1.82, 2.24) is 10.6 Å². The van der Waals surface area contributed by atoms with Crippen LogP contribution in [0.25, 0.3) is 0 Å². The molecular weight excluding hydrogens is 262 g/mol. The zero-order chi connectivity index (χ0) is 15.2. The summed E-state index contributed by atoms with van der Waals surface area (Å²) in [6.07, 6.45) is 6.88. The minimum Gasteiger partial charge on any atom is -0.393 e. The van der Waals surface area contributed by atoms with Crippen LogP contribution in [-0.2, 0) is 0 Å². The van der Waals surface area contributed by atoms with E-state index in [4.69, 9.17) is 4.99 Å². The fraction of sp³-hybridized carbons (Fsp3) is 0.941. The van der Waals surface area contributed by atoms with Gasteiger partial charge in [0, 0.05) is 25.0 Å². The molecule has 3 N–H and O–H groups in total. The van der Waals surface area contributed by atoms with Gasteiger partial charge in [0.1, 0.15) is 0 Å². The van der Waals surface area contributed by atoms with Crippen LogP contribution >= 0.6 is 0 Å². The highest BCUT2D eigenvalue weighted by molar-refractivity contribution is 5.80. The van der Waals surface area contributed by atoms with E-state index in [1.165, 1.54) is 19.3 Å². The third-order valence-electron chi connectivity index (χ3n) is 4.97. The molecular formula is C17H33N3O. The lowest BCUT2D eigenvalue weighted by Crippen LogP contribution is -2.46. The summed E-state index contributed by atoms with van der Waals surface area (Å²) in [4.78, 5) is 4.72. The van der Waals surface area contributed by atoms with E-state index in [0.717, 1.165) is 50.1 Å². The minimum absolute atomic E-state index is 0.147. The maximum atomic E-state index is 9.91. The molecule has 0 aromatic carbocycles. The van der Waals surface area contributed by atoms with Crippen LogP contribution in [0.2, 0.25) is 0 Å². The number of hydrogen-bond acceptors (Lipinski definition) is 2. The Bertz CT molecular complexity index is 335. The molecule has 2 aliphatic carbocycles. The summed E-state index contributed by atoms with van der Waals surface area (Å²) in [6.45, 7) is 8.44. The van der Waals surface area contributed by atoms with Crippen LogP contribution < -0.4 is 10.6 Å². The third-order valence-corrected chi connectivity index (χ3v) is 4.97. The van der Waals surface area contributed by atoms with Gasteiger partial charge in [0.05, 0.1) is 6.10 Å². The van der Waals surface area contributed by atoms with Crippen LogP contribution in [0.3, 0.4) is 0 Å². The molecule has 2 fully saturated rings. The van der Waals surface area contributed by atoms with Crippen molar-refractivity contribution in [3.05, 3.63) is 0 Å². The lowest BCUT2D eigenvalue weighted by atomic mass is 9.80. The van der Waals surface area contributed by atoms with Crippen LogP contribution in [0.5, 0.6) is 0 Å². The van der Waals surface area contributed by atoms with Crippen LogP contribution in [0.15, 0.2) is 4.99 Å². The molecule has 21 heavy (non-hydrogen) atoms. The zero-order valence-corrected chi connectivity index (χ0v) is 13.9. The highest BCUT2D eigenvalue weighted by Gasteiger charge is 2.26. The summed E-state index contributed by atoms with van der Waals surface area (Å²) in [7, 11) is 0. The second kappa shape index (κ2) is 8.02. The van der Waals surface area contributed by atoms with Gasteiger partial charge in [0.25, 0.3) is 0 Å². The molecule has 0 aromatic rings. The molecule has 0 heterocycles. The molecule has 4 nitrogen and oxygen atoms in total. The van der Waals surface area contributed by atoms with Crippen molar-refractivity contribution < 1.29 is 5.11 Å². The van der Waals surface area contributed by atoms with E-state index >= 15 is 0 Å². The van der Waals surface area contributed by atoms with E-state index in [-0.39, 0.29) is 6.10 Å². The topological polar surface area (TPSA) is 56.7 Å². The fourth-order valence-electron chi connectivity index (χ4n) is 4.02. The molecule has 4 heteroatoms. The van der Waals surface area contributed by atoms with Crippen molar-refractivity contribution in [2.24, 2.45) is 22.7 Å². The van der Waals surface area contributed by atoms with Gasteiger partial charge in [-0.3, -0.25) is 4.99 Å². The lowest BCUT2D eigenvalue weighted by molar-refractivity contribution is 0.136. The van der Waals surface area contributed by atoms with Gasteiger partial charge in [-0.05, 0) is 50.9 Å². The number of nitrogens with one attached hydrogen (secondary N) is 2. The predicted octanol–water partition coefficient (Wildman–Crippen LogP) is 2.53. The van der Waals surface area contributed by atoms with E-state index in [2.05, 4.69) is 31.4 Å². The van der Waals surface area contributed by atoms with Crippen molar-refractivity contribution >= 4 is 5.96 Å². The Balaban J connectivity index is 1.88. The Hall–Kier alpha value is -0.770. The molecule has 0 bridgehead atoms. The van der Waals surface area contributed by atoms with E-state index in [0.29, 0.717) is 12.0 Å². The predicted molar refractivity (Wildman–Crippen MR) is 88.4 cm³/mol.